The van der Waals surface area contributed by atoms with Crippen LogP contribution in [-0.2, 0) is 11.2 Å². The molecule has 1 rings (SSSR count). The number of thioether (sulfide) groups is 1. The average molecular weight is 369 g/mol. The van der Waals surface area contributed by atoms with E-state index in [0.717, 1.165) is 25.0 Å². The summed E-state index contributed by atoms with van der Waals surface area (Å²) in [6, 6.07) is 7.17. The van der Waals surface area contributed by atoms with Crippen LogP contribution in [0, 0.1) is 5.82 Å². The molecule has 0 aliphatic carbocycles. The number of benzene rings is 1. The molecule has 144 valence electrons. The highest BCUT2D eigenvalue weighted by molar-refractivity contribution is 7.99. The fourth-order valence-electron chi connectivity index (χ4n) is 3.04. The molecule has 0 amide bonds. The van der Waals surface area contributed by atoms with Crippen molar-refractivity contribution in [2.75, 3.05) is 25.2 Å². The molecule has 0 heterocycles. The van der Waals surface area contributed by atoms with Crippen LogP contribution < -0.4 is 0 Å². The van der Waals surface area contributed by atoms with Crippen LogP contribution in [0.2, 0.25) is 0 Å². The summed E-state index contributed by atoms with van der Waals surface area (Å²) >= 11 is 2.07. The lowest BCUT2D eigenvalue weighted by Crippen LogP contribution is -1.91. The van der Waals surface area contributed by atoms with E-state index >= 15 is 0 Å². The minimum Gasteiger partial charge on any atom is -0.385 e. The zero-order valence-corrected chi connectivity index (χ0v) is 16.9. The molecule has 3 heteroatoms. The molecule has 25 heavy (non-hydrogen) atoms. The fraction of sp³-hybridized carbons (Fsp3) is 0.727. The number of halogens is 1. The van der Waals surface area contributed by atoms with Crippen LogP contribution in [0.5, 0.6) is 0 Å². The summed E-state index contributed by atoms with van der Waals surface area (Å²) < 4.78 is 18.5. The first kappa shape index (κ1) is 22.5. The Hall–Kier alpha value is -0.540. The first-order chi connectivity index (χ1) is 12.3. The molecule has 0 fully saturated rings. The summed E-state index contributed by atoms with van der Waals surface area (Å²) in [7, 11) is 1.77. The number of unbranched alkanes of at least 4 members (excludes halogenated alkanes) is 9. The van der Waals surface area contributed by atoms with Gasteiger partial charge >= 0.3 is 0 Å². The van der Waals surface area contributed by atoms with E-state index < -0.39 is 0 Å². The Kier molecular flexibility index (Phi) is 15.2. The number of rotatable bonds is 17. The first-order valence-electron chi connectivity index (χ1n) is 10.1. The quantitative estimate of drug-likeness (QED) is 0.273. The van der Waals surface area contributed by atoms with Gasteiger partial charge in [0.1, 0.15) is 5.82 Å². The maximum absolute atomic E-state index is 13.5. The molecule has 0 aliphatic heterocycles. The van der Waals surface area contributed by atoms with Crippen molar-refractivity contribution in [3.63, 3.8) is 0 Å². The van der Waals surface area contributed by atoms with Gasteiger partial charge in [0.2, 0.25) is 0 Å². The highest BCUT2D eigenvalue weighted by atomic mass is 32.2. The molecule has 0 aromatic heterocycles. The molecular formula is C22H37FOS. The van der Waals surface area contributed by atoms with Crippen molar-refractivity contribution in [1.29, 1.82) is 0 Å². The second kappa shape index (κ2) is 16.9. The normalized spacial score (nSPS) is 11.1. The Morgan fingerprint density at radius 3 is 1.96 bits per heavy atom. The summed E-state index contributed by atoms with van der Waals surface area (Å²) in [5.41, 5.74) is 0.874. The predicted molar refractivity (Wildman–Crippen MR) is 110 cm³/mol. The van der Waals surface area contributed by atoms with Gasteiger partial charge in [-0.15, -0.1) is 0 Å². The van der Waals surface area contributed by atoms with Crippen molar-refractivity contribution in [2.24, 2.45) is 0 Å². The smallest absolute Gasteiger partial charge is 0.126 e. The van der Waals surface area contributed by atoms with Gasteiger partial charge in [-0.1, -0.05) is 69.6 Å². The Morgan fingerprint density at radius 2 is 1.32 bits per heavy atom. The standard InChI is InChI=1S/C22H37FOS/c1-24-18-14-20-25-19-13-9-7-5-3-2-4-6-8-10-15-21-16-11-12-17-22(21)23/h11-12,16-17H,2-10,13-15,18-20H2,1H3. The Bertz CT molecular complexity index is 411. The Balaban J connectivity index is 1.75. The third kappa shape index (κ3) is 13.3. The van der Waals surface area contributed by atoms with E-state index in [1.165, 1.54) is 75.7 Å². The van der Waals surface area contributed by atoms with Crippen LogP contribution >= 0.6 is 11.8 Å². The summed E-state index contributed by atoms with van der Waals surface area (Å²) in [5.74, 6) is 2.51. The number of methoxy groups -OCH3 is 1. The number of aryl methyl sites for hydroxylation is 1. The van der Waals surface area contributed by atoms with Gasteiger partial charge in [0.15, 0.2) is 0 Å². The number of ether oxygens (including phenoxy) is 1. The molecule has 1 aromatic rings. The van der Waals surface area contributed by atoms with Crippen molar-refractivity contribution < 1.29 is 9.13 Å². The third-order valence-corrected chi connectivity index (χ3v) is 5.73. The van der Waals surface area contributed by atoms with Gasteiger partial charge in [-0.2, -0.15) is 11.8 Å². The minimum absolute atomic E-state index is 0.0455. The van der Waals surface area contributed by atoms with Crippen molar-refractivity contribution in [3.8, 4) is 0 Å². The average Bonchev–Trinajstić information content (AvgIpc) is 2.63. The Labute approximate surface area is 159 Å². The molecule has 0 N–H and O–H groups in total. The number of hydrogen-bond acceptors (Lipinski definition) is 2. The second-order valence-corrected chi connectivity index (χ2v) is 8.06. The van der Waals surface area contributed by atoms with Crippen molar-refractivity contribution >= 4 is 11.8 Å². The molecule has 0 unspecified atom stereocenters. The van der Waals surface area contributed by atoms with Gasteiger partial charge in [0.25, 0.3) is 0 Å². The van der Waals surface area contributed by atoms with Crippen LogP contribution in [-0.4, -0.2) is 25.2 Å². The van der Waals surface area contributed by atoms with Gasteiger partial charge in [-0.05, 0) is 48.8 Å². The molecule has 1 nitrogen and oxygen atoms in total. The Morgan fingerprint density at radius 1 is 0.760 bits per heavy atom. The van der Waals surface area contributed by atoms with Gasteiger partial charge in [0.05, 0.1) is 0 Å². The maximum Gasteiger partial charge on any atom is 0.126 e. The van der Waals surface area contributed by atoms with Gasteiger partial charge < -0.3 is 4.74 Å². The van der Waals surface area contributed by atoms with E-state index in [1.807, 2.05) is 12.1 Å². The molecule has 1 aromatic carbocycles. The van der Waals surface area contributed by atoms with Gasteiger partial charge in [0, 0.05) is 13.7 Å². The lowest BCUT2D eigenvalue weighted by molar-refractivity contribution is 0.200. The summed E-state index contributed by atoms with van der Waals surface area (Å²) in [5, 5.41) is 0. The summed E-state index contributed by atoms with van der Waals surface area (Å²) in [4.78, 5) is 0. The topological polar surface area (TPSA) is 9.23 Å². The molecule has 0 saturated heterocycles. The largest absolute Gasteiger partial charge is 0.385 e. The van der Waals surface area contributed by atoms with E-state index in [0.29, 0.717) is 0 Å². The van der Waals surface area contributed by atoms with E-state index in [-0.39, 0.29) is 5.82 Å². The van der Waals surface area contributed by atoms with Gasteiger partial charge in [-0.3, -0.25) is 0 Å². The monoisotopic (exact) mass is 368 g/mol. The predicted octanol–water partition coefficient (Wildman–Crippen LogP) is 7.04. The van der Waals surface area contributed by atoms with Crippen LogP contribution in [0.4, 0.5) is 4.39 Å². The van der Waals surface area contributed by atoms with Crippen LogP contribution in [0.25, 0.3) is 0 Å². The lowest BCUT2D eigenvalue weighted by Gasteiger charge is -2.04. The molecule has 0 aliphatic rings. The zero-order chi connectivity index (χ0) is 18.0. The van der Waals surface area contributed by atoms with E-state index in [9.17, 15) is 4.39 Å². The van der Waals surface area contributed by atoms with Crippen molar-refractivity contribution in [2.45, 2.75) is 77.0 Å². The van der Waals surface area contributed by atoms with E-state index in [1.54, 1.807) is 19.2 Å². The molecule has 0 atom stereocenters. The van der Waals surface area contributed by atoms with E-state index in [4.69, 9.17) is 4.74 Å². The summed E-state index contributed by atoms with van der Waals surface area (Å²) in [6.45, 7) is 0.899. The van der Waals surface area contributed by atoms with Crippen LogP contribution in [0.1, 0.15) is 76.2 Å². The maximum atomic E-state index is 13.5. The molecule has 0 bridgehead atoms. The van der Waals surface area contributed by atoms with Crippen LogP contribution in [0.15, 0.2) is 24.3 Å². The molecule has 0 spiro atoms. The third-order valence-electron chi connectivity index (χ3n) is 4.58. The first-order valence-corrected chi connectivity index (χ1v) is 11.3. The molecule has 0 saturated carbocycles. The van der Waals surface area contributed by atoms with Gasteiger partial charge in [-0.25, -0.2) is 4.39 Å². The molecule has 0 radical (unpaired) electrons. The van der Waals surface area contributed by atoms with Crippen LogP contribution in [0.3, 0.4) is 0 Å². The summed E-state index contributed by atoms with van der Waals surface area (Å²) in [6.07, 6.45) is 15.3. The fourth-order valence-corrected chi connectivity index (χ4v) is 3.98. The second-order valence-electron chi connectivity index (χ2n) is 6.84. The van der Waals surface area contributed by atoms with Crippen molar-refractivity contribution in [1.82, 2.24) is 0 Å². The highest BCUT2D eigenvalue weighted by Crippen LogP contribution is 2.15. The molecular weight excluding hydrogens is 331 g/mol. The number of hydrogen-bond donors (Lipinski definition) is 0. The minimum atomic E-state index is -0.0455. The van der Waals surface area contributed by atoms with E-state index in [2.05, 4.69) is 11.8 Å². The SMILES string of the molecule is COCCCSCCCCCCCCCCCCc1ccccc1F. The zero-order valence-electron chi connectivity index (χ0n) is 16.1. The highest BCUT2D eigenvalue weighted by Gasteiger charge is 2.00. The van der Waals surface area contributed by atoms with Crippen molar-refractivity contribution in [3.05, 3.63) is 35.6 Å². The lowest BCUT2D eigenvalue weighted by atomic mass is 10.0.